The van der Waals surface area contributed by atoms with Crippen LogP contribution in [-0.4, -0.2) is 64.0 Å². The molecule has 1 unspecified atom stereocenters. The quantitative estimate of drug-likeness (QED) is 0.216. The van der Waals surface area contributed by atoms with Crippen LogP contribution in [0.15, 0.2) is 4.99 Å². The average molecular weight is 469 g/mol. The molecule has 0 aromatic rings. The van der Waals surface area contributed by atoms with Crippen LogP contribution in [0.1, 0.15) is 59.3 Å². The Morgan fingerprint density at radius 2 is 2.00 bits per heavy atom. The van der Waals surface area contributed by atoms with Crippen molar-refractivity contribution in [2.75, 3.05) is 53.1 Å². The van der Waals surface area contributed by atoms with Gasteiger partial charge in [0, 0.05) is 39.9 Å². The molecule has 1 saturated heterocycles. The minimum Gasteiger partial charge on any atom is -0.382 e. The third-order valence-electron chi connectivity index (χ3n) is 4.66. The minimum atomic E-state index is 0. The van der Waals surface area contributed by atoms with E-state index in [0.29, 0.717) is 18.6 Å². The van der Waals surface area contributed by atoms with Gasteiger partial charge in [-0.05, 0) is 44.4 Å². The summed E-state index contributed by atoms with van der Waals surface area (Å²) in [5, 5.41) is 3.48. The summed E-state index contributed by atoms with van der Waals surface area (Å²) in [6.07, 6.45) is 7.31. The summed E-state index contributed by atoms with van der Waals surface area (Å²) in [6.45, 7) is 13.1. The molecular weight excluding hydrogens is 429 g/mol. The molecule has 0 radical (unpaired) electrons. The van der Waals surface area contributed by atoms with E-state index in [1.54, 1.807) is 7.11 Å². The zero-order valence-electron chi connectivity index (χ0n) is 16.8. The molecule has 6 heteroatoms. The number of halogens is 1. The largest absolute Gasteiger partial charge is 0.382 e. The molecule has 1 aliphatic rings. The molecule has 0 aromatic heterocycles. The number of nitrogens with one attached hydrogen (secondary N) is 1. The van der Waals surface area contributed by atoms with Crippen LogP contribution < -0.4 is 5.32 Å². The predicted molar refractivity (Wildman–Crippen MR) is 117 cm³/mol. The highest BCUT2D eigenvalue weighted by Crippen LogP contribution is 2.33. The highest BCUT2D eigenvalue weighted by molar-refractivity contribution is 14.0. The molecule has 0 bridgehead atoms. The van der Waals surface area contributed by atoms with Crippen molar-refractivity contribution in [1.29, 1.82) is 0 Å². The number of unbranched alkanes of at least 4 members (excludes halogenated alkanes) is 1. The van der Waals surface area contributed by atoms with E-state index < -0.39 is 0 Å². The van der Waals surface area contributed by atoms with Gasteiger partial charge in [-0.2, -0.15) is 0 Å². The molecule has 1 rings (SSSR count). The van der Waals surface area contributed by atoms with Gasteiger partial charge in [0.05, 0.1) is 13.2 Å². The highest BCUT2D eigenvalue weighted by atomic mass is 127. The van der Waals surface area contributed by atoms with Crippen LogP contribution in [0.25, 0.3) is 0 Å². The highest BCUT2D eigenvalue weighted by Gasteiger charge is 2.31. The summed E-state index contributed by atoms with van der Waals surface area (Å²) in [7, 11) is 1.70. The number of hydrogen-bond acceptors (Lipinski definition) is 3. The first-order valence-corrected chi connectivity index (χ1v) is 9.75. The van der Waals surface area contributed by atoms with Gasteiger partial charge in [0.2, 0.25) is 0 Å². The Kier molecular flexibility index (Phi) is 15.0. The Balaban J connectivity index is 0.00000576. The van der Waals surface area contributed by atoms with Crippen molar-refractivity contribution in [1.82, 2.24) is 10.2 Å². The van der Waals surface area contributed by atoms with Gasteiger partial charge in [0.25, 0.3) is 0 Å². The summed E-state index contributed by atoms with van der Waals surface area (Å²) < 4.78 is 10.5. The van der Waals surface area contributed by atoms with Crippen molar-refractivity contribution in [2.45, 2.75) is 59.3 Å². The minimum absolute atomic E-state index is 0. The third kappa shape index (κ3) is 10.6. The molecule has 1 fully saturated rings. The van der Waals surface area contributed by atoms with Crippen LogP contribution in [-0.2, 0) is 9.47 Å². The molecule has 0 aromatic carbocycles. The predicted octanol–water partition coefficient (Wildman–Crippen LogP) is 3.92. The Bertz CT molecular complexity index is 352. The molecule has 0 spiro atoms. The molecular formula is C19H40IN3O2. The van der Waals surface area contributed by atoms with Gasteiger partial charge in [-0.25, -0.2) is 0 Å². The fourth-order valence-corrected chi connectivity index (χ4v) is 3.48. The molecule has 1 atom stereocenters. The third-order valence-corrected chi connectivity index (χ3v) is 4.66. The number of guanidine groups is 1. The van der Waals surface area contributed by atoms with Gasteiger partial charge >= 0.3 is 0 Å². The summed E-state index contributed by atoms with van der Waals surface area (Å²) in [4.78, 5) is 7.32. The Morgan fingerprint density at radius 3 is 2.68 bits per heavy atom. The molecule has 150 valence electrons. The molecule has 0 saturated carbocycles. The number of piperidine rings is 1. The zero-order valence-corrected chi connectivity index (χ0v) is 19.1. The second kappa shape index (κ2) is 15.0. The van der Waals surface area contributed by atoms with E-state index in [1.165, 1.54) is 25.7 Å². The monoisotopic (exact) mass is 469 g/mol. The number of hydrogen-bond donors (Lipinski definition) is 1. The van der Waals surface area contributed by atoms with Crippen LogP contribution >= 0.6 is 24.0 Å². The van der Waals surface area contributed by atoms with Gasteiger partial charge in [-0.3, -0.25) is 4.99 Å². The Labute approximate surface area is 172 Å². The summed E-state index contributed by atoms with van der Waals surface area (Å²) in [5.74, 6) is 1.10. The van der Waals surface area contributed by atoms with Gasteiger partial charge in [0.15, 0.2) is 5.96 Å². The van der Waals surface area contributed by atoms with Crippen molar-refractivity contribution in [3.8, 4) is 0 Å². The lowest BCUT2D eigenvalue weighted by atomic mass is 9.78. The number of aliphatic imine (C=N–C) groups is 1. The number of methoxy groups -OCH3 is 1. The van der Waals surface area contributed by atoms with Crippen LogP contribution in [0.2, 0.25) is 0 Å². The first-order chi connectivity index (χ1) is 11.6. The second-order valence-corrected chi connectivity index (χ2v) is 7.13. The Morgan fingerprint density at radius 1 is 1.20 bits per heavy atom. The lowest BCUT2D eigenvalue weighted by Crippen LogP contribution is -2.49. The van der Waals surface area contributed by atoms with E-state index in [2.05, 4.69) is 31.0 Å². The van der Waals surface area contributed by atoms with Gasteiger partial charge in [-0.1, -0.05) is 20.3 Å². The van der Waals surface area contributed by atoms with E-state index in [9.17, 15) is 0 Å². The average Bonchev–Trinajstić information content (AvgIpc) is 2.56. The normalized spacial score (nSPS) is 21.1. The van der Waals surface area contributed by atoms with Crippen LogP contribution in [0.5, 0.6) is 0 Å². The fraction of sp³-hybridized carbons (Fsp3) is 0.947. The van der Waals surface area contributed by atoms with E-state index in [0.717, 1.165) is 51.6 Å². The van der Waals surface area contributed by atoms with Gasteiger partial charge in [0.1, 0.15) is 0 Å². The Hall–Kier alpha value is -0.0800. The van der Waals surface area contributed by atoms with Crippen LogP contribution in [0.3, 0.4) is 0 Å². The molecule has 25 heavy (non-hydrogen) atoms. The molecule has 1 N–H and O–H groups in total. The maximum absolute atomic E-state index is 5.50. The summed E-state index contributed by atoms with van der Waals surface area (Å²) in [6, 6.07) is 0. The van der Waals surface area contributed by atoms with Crippen molar-refractivity contribution in [3.05, 3.63) is 0 Å². The van der Waals surface area contributed by atoms with Crippen molar-refractivity contribution >= 4 is 29.9 Å². The van der Waals surface area contributed by atoms with Crippen molar-refractivity contribution in [2.24, 2.45) is 10.4 Å². The van der Waals surface area contributed by atoms with Gasteiger partial charge in [-0.15, -0.1) is 24.0 Å². The summed E-state index contributed by atoms with van der Waals surface area (Å²) in [5.41, 5.74) is 0.443. The van der Waals surface area contributed by atoms with Crippen LogP contribution in [0.4, 0.5) is 0 Å². The van der Waals surface area contributed by atoms with Crippen molar-refractivity contribution in [3.63, 3.8) is 0 Å². The van der Waals surface area contributed by atoms with Crippen molar-refractivity contribution < 1.29 is 9.47 Å². The van der Waals surface area contributed by atoms with E-state index >= 15 is 0 Å². The first-order valence-electron chi connectivity index (χ1n) is 9.75. The van der Waals surface area contributed by atoms with Crippen LogP contribution in [0, 0.1) is 5.41 Å². The number of nitrogens with zero attached hydrogens (tertiary/aromatic N) is 2. The second-order valence-electron chi connectivity index (χ2n) is 7.13. The molecule has 0 amide bonds. The number of rotatable bonds is 11. The standard InChI is InChI=1S/C19H39N3O2.HI/c1-5-10-19(3)11-9-13-22(17-19)18(20-6-2)21-12-7-8-14-24-16-15-23-4;/h5-17H2,1-4H3,(H,20,21);1H. The maximum Gasteiger partial charge on any atom is 0.193 e. The topological polar surface area (TPSA) is 46.1 Å². The number of likely N-dealkylation sites (tertiary alicyclic amines) is 1. The van der Waals surface area contributed by atoms with E-state index in [4.69, 9.17) is 14.5 Å². The van der Waals surface area contributed by atoms with Gasteiger partial charge < -0.3 is 19.7 Å². The lowest BCUT2D eigenvalue weighted by molar-refractivity contribution is 0.0690. The fourth-order valence-electron chi connectivity index (χ4n) is 3.48. The molecule has 1 aliphatic heterocycles. The SMILES string of the molecule is CCCC1(C)CCCN(C(=NCCCCOCCOC)NCC)C1.I. The van der Waals surface area contributed by atoms with E-state index in [1.807, 2.05) is 0 Å². The molecule has 0 aliphatic carbocycles. The number of ether oxygens (including phenoxy) is 2. The summed E-state index contributed by atoms with van der Waals surface area (Å²) >= 11 is 0. The molecule has 1 heterocycles. The van der Waals surface area contributed by atoms with E-state index in [-0.39, 0.29) is 24.0 Å². The smallest absolute Gasteiger partial charge is 0.193 e. The molecule has 5 nitrogen and oxygen atoms in total. The zero-order chi connectivity index (χ0) is 17.7. The lowest BCUT2D eigenvalue weighted by Gasteiger charge is -2.42. The first kappa shape index (κ1) is 24.9. The maximum atomic E-state index is 5.50.